The minimum absolute atomic E-state index is 0.0504. The molecule has 5 nitrogen and oxygen atoms in total. The summed E-state index contributed by atoms with van der Waals surface area (Å²) >= 11 is 0. The van der Waals surface area contributed by atoms with Gasteiger partial charge in [-0.05, 0) is 88.2 Å². The summed E-state index contributed by atoms with van der Waals surface area (Å²) < 4.78 is 36.4. The first-order valence-electron chi connectivity index (χ1n) is 10.1. The van der Waals surface area contributed by atoms with Crippen LogP contribution in [0.4, 0.5) is 8.78 Å². The first-order chi connectivity index (χ1) is 15.1. The molecule has 0 spiro atoms. The van der Waals surface area contributed by atoms with Crippen molar-refractivity contribution in [1.29, 1.82) is 0 Å². The lowest BCUT2D eigenvalue weighted by molar-refractivity contribution is -0.0498. The Morgan fingerprint density at radius 3 is 2.16 bits per heavy atom. The number of Topliss-reactive ketones (excluding diaryl/α,β-unsaturated/α-hetero) is 1. The monoisotopic (exact) mass is 441 g/mol. The predicted octanol–water partition coefficient (Wildman–Crippen LogP) is 5.74. The zero-order valence-corrected chi connectivity index (χ0v) is 18.6. The number of aryl methyl sites for hydroxylation is 3. The first-order valence-corrected chi connectivity index (χ1v) is 10.1. The van der Waals surface area contributed by atoms with Crippen molar-refractivity contribution in [2.45, 2.75) is 47.3 Å². The molecular formula is C25H25F2NO4. The average molecular weight is 441 g/mol. The van der Waals surface area contributed by atoms with Gasteiger partial charge in [-0.25, -0.2) is 4.79 Å². The summed E-state index contributed by atoms with van der Waals surface area (Å²) in [6, 6.07) is 13.1. The molecule has 0 amide bonds. The van der Waals surface area contributed by atoms with Crippen LogP contribution in [0.5, 0.6) is 5.75 Å². The van der Waals surface area contributed by atoms with Crippen LogP contribution in [0.2, 0.25) is 0 Å². The van der Waals surface area contributed by atoms with Gasteiger partial charge in [-0.2, -0.15) is 8.78 Å². The van der Waals surface area contributed by atoms with Crippen LogP contribution in [-0.4, -0.2) is 29.0 Å². The molecule has 0 radical (unpaired) electrons. The van der Waals surface area contributed by atoms with E-state index in [0.717, 1.165) is 16.8 Å². The largest absolute Gasteiger partial charge is 0.451 e. The maximum atomic E-state index is 13.0. The lowest BCUT2D eigenvalue weighted by Crippen LogP contribution is -2.25. The van der Waals surface area contributed by atoms with Crippen LogP contribution in [0, 0.1) is 27.7 Å². The molecule has 1 heterocycles. The third kappa shape index (κ3) is 4.88. The number of rotatable bonds is 7. The minimum Gasteiger partial charge on any atom is -0.451 e. The smallest absolute Gasteiger partial charge is 0.387 e. The van der Waals surface area contributed by atoms with Gasteiger partial charge in [0.05, 0.1) is 5.56 Å². The molecule has 1 unspecified atom stereocenters. The Kier molecular flexibility index (Phi) is 6.77. The summed E-state index contributed by atoms with van der Waals surface area (Å²) in [5.41, 5.74) is 4.98. The van der Waals surface area contributed by atoms with Gasteiger partial charge < -0.3 is 14.0 Å². The molecule has 32 heavy (non-hydrogen) atoms. The van der Waals surface area contributed by atoms with Crippen molar-refractivity contribution in [2.75, 3.05) is 0 Å². The molecule has 0 fully saturated rings. The highest BCUT2D eigenvalue weighted by Crippen LogP contribution is 2.25. The molecule has 0 saturated carbocycles. The number of carbonyl (C=O) groups is 2. The number of ether oxygens (including phenoxy) is 2. The molecule has 0 bridgehead atoms. The van der Waals surface area contributed by atoms with Gasteiger partial charge in [-0.3, -0.25) is 4.79 Å². The average Bonchev–Trinajstić information content (AvgIpc) is 3.03. The topological polar surface area (TPSA) is 57.5 Å². The number of ketones is 1. The van der Waals surface area contributed by atoms with Gasteiger partial charge in [0.2, 0.25) is 5.78 Å². The van der Waals surface area contributed by atoms with E-state index in [-0.39, 0.29) is 11.5 Å². The second kappa shape index (κ2) is 9.34. The summed E-state index contributed by atoms with van der Waals surface area (Å²) in [6.45, 7) is 6.12. The Morgan fingerprint density at radius 2 is 1.56 bits per heavy atom. The number of alkyl halides is 2. The summed E-state index contributed by atoms with van der Waals surface area (Å²) in [4.78, 5) is 25.5. The number of nitrogens with zero attached hydrogens (tertiary/aromatic N) is 1. The first kappa shape index (κ1) is 23.2. The van der Waals surface area contributed by atoms with Crippen LogP contribution in [0.25, 0.3) is 5.69 Å². The number of hydrogen-bond donors (Lipinski definition) is 0. The Balaban J connectivity index is 1.80. The molecule has 0 aliphatic rings. The fourth-order valence-electron chi connectivity index (χ4n) is 3.56. The molecular weight excluding hydrogens is 416 g/mol. The number of esters is 1. The van der Waals surface area contributed by atoms with E-state index < -0.39 is 18.7 Å². The van der Waals surface area contributed by atoms with Gasteiger partial charge in [0.15, 0.2) is 6.10 Å². The van der Waals surface area contributed by atoms with Crippen molar-refractivity contribution in [3.8, 4) is 11.4 Å². The molecule has 1 atom stereocenters. The molecule has 3 aromatic rings. The van der Waals surface area contributed by atoms with Crippen LogP contribution in [-0.2, 0) is 4.74 Å². The zero-order chi connectivity index (χ0) is 23.6. The minimum atomic E-state index is -2.90. The Hall–Kier alpha value is -3.48. The lowest BCUT2D eigenvalue weighted by Gasteiger charge is -2.14. The van der Waals surface area contributed by atoms with Crippen LogP contribution < -0.4 is 4.74 Å². The van der Waals surface area contributed by atoms with Crippen molar-refractivity contribution >= 4 is 11.8 Å². The van der Waals surface area contributed by atoms with Crippen molar-refractivity contribution in [3.63, 3.8) is 0 Å². The van der Waals surface area contributed by atoms with E-state index in [1.54, 1.807) is 44.2 Å². The molecule has 7 heteroatoms. The van der Waals surface area contributed by atoms with E-state index in [9.17, 15) is 18.4 Å². The van der Waals surface area contributed by atoms with E-state index in [1.807, 2.05) is 31.4 Å². The van der Waals surface area contributed by atoms with Gasteiger partial charge in [-0.1, -0.05) is 6.07 Å². The summed E-state index contributed by atoms with van der Waals surface area (Å²) in [6.07, 6.45) is -0.972. The van der Waals surface area contributed by atoms with Crippen molar-refractivity contribution in [3.05, 3.63) is 82.2 Å². The highest BCUT2D eigenvalue weighted by Gasteiger charge is 2.25. The van der Waals surface area contributed by atoms with Crippen LogP contribution in [0.1, 0.15) is 50.2 Å². The second-order valence-corrected chi connectivity index (χ2v) is 7.70. The third-order valence-corrected chi connectivity index (χ3v) is 5.41. The van der Waals surface area contributed by atoms with E-state index in [2.05, 4.69) is 4.74 Å². The molecule has 0 saturated heterocycles. The van der Waals surface area contributed by atoms with E-state index in [1.165, 1.54) is 12.1 Å². The Bertz CT molecular complexity index is 1150. The van der Waals surface area contributed by atoms with E-state index in [4.69, 9.17) is 4.74 Å². The molecule has 0 aliphatic heterocycles. The van der Waals surface area contributed by atoms with Gasteiger partial charge >= 0.3 is 12.6 Å². The summed E-state index contributed by atoms with van der Waals surface area (Å²) in [5, 5.41) is 0. The molecule has 2 aromatic carbocycles. The van der Waals surface area contributed by atoms with Crippen molar-refractivity contribution in [2.24, 2.45) is 0 Å². The third-order valence-electron chi connectivity index (χ3n) is 5.41. The quantitative estimate of drug-likeness (QED) is 0.347. The summed E-state index contributed by atoms with van der Waals surface area (Å²) in [5.74, 6) is -0.828. The molecule has 0 aliphatic carbocycles. The van der Waals surface area contributed by atoms with E-state index in [0.29, 0.717) is 22.5 Å². The van der Waals surface area contributed by atoms with Gasteiger partial charge in [0.25, 0.3) is 0 Å². The Morgan fingerprint density at radius 1 is 0.906 bits per heavy atom. The van der Waals surface area contributed by atoms with Crippen LogP contribution in [0.3, 0.4) is 0 Å². The predicted molar refractivity (Wildman–Crippen MR) is 117 cm³/mol. The number of halogens is 2. The van der Waals surface area contributed by atoms with Gasteiger partial charge in [0.1, 0.15) is 5.75 Å². The van der Waals surface area contributed by atoms with Crippen LogP contribution in [0.15, 0.2) is 48.5 Å². The normalized spacial score (nSPS) is 12.0. The van der Waals surface area contributed by atoms with Gasteiger partial charge in [-0.15, -0.1) is 0 Å². The fraction of sp³-hybridized carbons (Fsp3) is 0.280. The number of benzene rings is 2. The van der Waals surface area contributed by atoms with E-state index >= 15 is 0 Å². The second-order valence-electron chi connectivity index (χ2n) is 7.70. The molecule has 3 rings (SSSR count). The maximum absolute atomic E-state index is 13.0. The van der Waals surface area contributed by atoms with Crippen molar-refractivity contribution < 1.29 is 27.8 Å². The van der Waals surface area contributed by atoms with Gasteiger partial charge in [0, 0.05) is 22.6 Å². The fourth-order valence-corrected chi connectivity index (χ4v) is 3.56. The molecule has 0 N–H and O–H groups in total. The Labute approximate surface area is 185 Å². The SMILES string of the molecule is Cc1ccc(C(=O)OC(C)C(=O)c2cc(C)n(-c3ccc(OC(F)F)cc3)c2C)cc1C. The lowest BCUT2D eigenvalue weighted by atomic mass is 10.1. The highest BCUT2D eigenvalue weighted by atomic mass is 19.3. The molecule has 1 aromatic heterocycles. The van der Waals surface area contributed by atoms with Crippen molar-refractivity contribution in [1.82, 2.24) is 4.57 Å². The molecule has 168 valence electrons. The zero-order valence-electron chi connectivity index (χ0n) is 18.6. The maximum Gasteiger partial charge on any atom is 0.387 e. The number of aromatic nitrogens is 1. The number of hydrogen-bond acceptors (Lipinski definition) is 4. The number of carbonyl (C=O) groups excluding carboxylic acids is 2. The standard InChI is InChI=1S/C25H25F2NO4/c1-14-6-7-19(12-15(14)2)24(30)31-18(5)23(29)22-13-16(3)28(17(22)4)20-8-10-21(11-9-20)32-25(26)27/h6-13,18,25H,1-5H3. The highest BCUT2D eigenvalue weighted by molar-refractivity contribution is 6.02. The van der Waals surface area contributed by atoms with Crippen LogP contribution >= 0.6 is 0 Å². The summed E-state index contributed by atoms with van der Waals surface area (Å²) in [7, 11) is 0.